The average Bonchev–Trinajstić information content (AvgIpc) is 2.26. The molecule has 1 unspecified atom stereocenters. The monoisotopic (exact) mass is 230 g/mol. The number of piperidine rings is 1. The van der Waals surface area contributed by atoms with E-state index in [-0.39, 0.29) is 11.3 Å². The molecule has 0 bridgehead atoms. The summed E-state index contributed by atoms with van der Waals surface area (Å²) in [5.74, 6) is 0.0963. The zero-order valence-electron chi connectivity index (χ0n) is 9.24. The minimum Gasteiger partial charge on any atom is -0.351 e. The summed E-state index contributed by atoms with van der Waals surface area (Å²) in [4.78, 5) is 12.0. The maximum Gasteiger partial charge on any atom is 0.227 e. The highest BCUT2D eigenvalue weighted by atomic mass is 35.5. The van der Waals surface area contributed by atoms with Crippen molar-refractivity contribution in [3.63, 3.8) is 0 Å². The molecule has 0 aromatic carbocycles. The third-order valence-corrected chi connectivity index (χ3v) is 3.21. The molecule has 15 heavy (non-hydrogen) atoms. The van der Waals surface area contributed by atoms with E-state index in [0.717, 1.165) is 32.4 Å². The van der Waals surface area contributed by atoms with Gasteiger partial charge >= 0.3 is 0 Å². The molecule has 1 fully saturated rings. The molecule has 0 saturated carbocycles. The van der Waals surface area contributed by atoms with Gasteiger partial charge in [-0.2, -0.15) is 0 Å². The normalized spacial score (nSPS) is 26.0. The van der Waals surface area contributed by atoms with E-state index in [1.165, 1.54) is 0 Å². The van der Waals surface area contributed by atoms with Crippen LogP contribution in [-0.4, -0.2) is 25.5 Å². The molecule has 1 aliphatic heterocycles. The van der Waals surface area contributed by atoms with Crippen LogP contribution in [0.4, 0.5) is 0 Å². The fourth-order valence-electron chi connectivity index (χ4n) is 1.99. The highest BCUT2D eigenvalue weighted by molar-refractivity contribution is 6.29. The number of hydrogen-bond acceptors (Lipinski definition) is 2. The summed E-state index contributed by atoms with van der Waals surface area (Å²) in [6.07, 6.45) is 2.88. The van der Waals surface area contributed by atoms with E-state index in [4.69, 9.17) is 11.6 Å². The molecule has 0 aromatic heterocycles. The summed E-state index contributed by atoms with van der Waals surface area (Å²) in [7, 11) is 0. The Labute approximate surface area is 96.3 Å². The second kappa shape index (κ2) is 5.52. The lowest BCUT2D eigenvalue weighted by atomic mass is 9.77. The van der Waals surface area contributed by atoms with E-state index < -0.39 is 0 Å². The molecule has 0 aromatic rings. The first-order chi connectivity index (χ1) is 7.10. The van der Waals surface area contributed by atoms with Crippen molar-refractivity contribution < 1.29 is 4.79 Å². The van der Waals surface area contributed by atoms with Crippen molar-refractivity contribution in [2.24, 2.45) is 5.41 Å². The van der Waals surface area contributed by atoms with Crippen LogP contribution in [0.2, 0.25) is 0 Å². The fraction of sp³-hybridized carbons (Fsp3) is 0.727. The molecular weight excluding hydrogens is 212 g/mol. The molecule has 1 atom stereocenters. The van der Waals surface area contributed by atoms with E-state index in [9.17, 15) is 4.79 Å². The second-order valence-electron chi connectivity index (χ2n) is 4.11. The van der Waals surface area contributed by atoms with Gasteiger partial charge in [0, 0.05) is 11.6 Å². The molecular formula is C11H19ClN2O. The van der Waals surface area contributed by atoms with Gasteiger partial charge in [-0.1, -0.05) is 25.1 Å². The Balaban J connectivity index is 2.55. The van der Waals surface area contributed by atoms with Crippen molar-refractivity contribution in [3.8, 4) is 0 Å². The van der Waals surface area contributed by atoms with Crippen molar-refractivity contribution in [1.29, 1.82) is 0 Å². The third kappa shape index (κ3) is 3.21. The standard InChI is InChI=1S/C11H19ClN2O/c1-3-11(5-4-6-13-8-11)10(15)14-7-9(2)12/h13H,2-8H2,1H3,(H,14,15). The summed E-state index contributed by atoms with van der Waals surface area (Å²) in [5, 5.41) is 6.58. The van der Waals surface area contributed by atoms with Crippen LogP contribution in [0, 0.1) is 5.41 Å². The predicted octanol–water partition coefficient (Wildman–Crippen LogP) is 1.63. The molecule has 1 heterocycles. The minimum absolute atomic E-state index is 0.0963. The Morgan fingerprint density at radius 2 is 2.40 bits per heavy atom. The zero-order chi connectivity index (χ0) is 11.3. The van der Waals surface area contributed by atoms with E-state index in [1.807, 2.05) is 0 Å². The van der Waals surface area contributed by atoms with Gasteiger partial charge in [0.1, 0.15) is 0 Å². The number of halogens is 1. The molecule has 3 nitrogen and oxygen atoms in total. The Morgan fingerprint density at radius 3 is 2.87 bits per heavy atom. The van der Waals surface area contributed by atoms with E-state index in [2.05, 4.69) is 24.1 Å². The summed E-state index contributed by atoms with van der Waals surface area (Å²) in [6.45, 7) is 7.76. The number of hydrogen-bond donors (Lipinski definition) is 2. The maximum atomic E-state index is 12.0. The molecule has 1 amide bonds. The lowest BCUT2D eigenvalue weighted by molar-refractivity contribution is -0.132. The maximum absolute atomic E-state index is 12.0. The van der Waals surface area contributed by atoms with Gasteiger partial charge in [0.15, 0.2) is 0 Å². The van der Waals surface area contributed by atoms with Gasteiger partial charge in [-0.15, -0.1) is 0 Å². The lowest BCUT2D eigenvalue weighted by Gasteiger charge is -2.35. The van der Waals surface area contributed by atoms with Gasteiger partial charge in [0.25, 0.3) is 0 Å². The molecule has 0 radical (unpaired) electrons. The Morgan fingerprint density at radius 1 is 1.67 bits per heavy atom. The largest absolute Gasteiger partial charge is 0.351 e. The van der Waals surface area contributed by atoms with Gasteiger partial charge in [-0.3, -0.25) is 4.79 Å². The van der Waals surface area contributed by atoms with E-state index >= 15 is 0 Å². The lowest BCUT2D eigenvalue weighted by Crippen LogP contribution is -2.50. The highest BCUT2D eigenvalue weighted by Gasteiger charge is 2.37. The predicted molar refractivity (Wildman–Crippen MR) is 62.8 cm³/mol. The summed E-state index contributed by atoms with van der Waals surface area (Å²) in [6, 6.07) is 0. The van der Waals surface area contributed by atoms with Gasteiger partial charge in [-0.05, 0) is 25.8 Å². The van der Waals surface area contributed by atoms with Crippen LogP contribution in [0.3, 0.4) is 0 Å². The molecule has 1 rings (SSSR count). The summed E-state index contributed by atoms with van der Waals surface area (Å²) < 4.78 is 0. The SMILES string of the molecule is C=C(Cl)CNC(=O)C1(CC)CCCNC1. The number of amides is 1. The fourth-order valence-corrected chi connectivity index (χ4v) is 2.05. The first-order valence-electron chi connectivity index (χ1n) is 5.43. The van der Waals surface area contributed by atoms with E-state index in [1.54, 1.807) is 0 Å². The van der Waals surface area contributed by atoms with Gasteiger partial charge in [0.05, 0.1) is 12.0 Å². The number of carbonyl (C=O) groups excluding carboxylic acids is 1. The van der Waals surface area contributed by atoms with Crippen LogP contribution in [0.1, 0.15) is 26.2 Å². The van der Waals surface area contributed by atoms with Crippen LogP contribution in [0.25, 0.3) is 0 Å². The van der Waals surface area contributed by atoms with Crippen molar-refractivity contribution in [2.75, 3.05) is 19.6 Å². The average molecular weight is 231 g/mol. The first-order valence-corrected chi connectivity index (χ1v) is 5.81. The van der Waals surface area contributed by atoms with Gasteiger partial charge < -0.3 is 10.6 Å². The van der Waals surface area contributed by atoms with Crippen LogP contribution in [-0.2, 0) is 4.79 Å². The number of nitrogens with one attached hydrogen (secondary N) is 2. The minimum atomic E-state index is -0.245. The van der Waals surface area contributed by atoms with Crippen molar-refractivity contribution in [3.05, 3.63) is 11.6 Å². The molecule has 4 heteroatoms. The van der Waals surface area contributed by atoms with Gasteiger partial charge in [-0.25, -0.2) is 0 Å². The zero-order valence-corrected chi connectivity index (χ0v) is 9.99. The van der Waals surface area contributed by atoms with Crippen LogP contribution in [0.15, 0.2) is 11.6 Å². The Kier molecular flexibility index (Phi) is 4.61. The molecule has 1 saturated heterocycles. The first kappa shape index (κ1) is 12.5. The third-order valence-electron chi connectivity index (χ3n) is 3.07. The highest BCUT2D eigenvalue weighted by Crippen LogP contribution is 2.30. The molecule has 0 spiro atoms. The van der Waals surface area contributed by atoms with Crippen molar-refractivity contribution in [1.82, 2.24) is 10.6 Å². The molecule has 1 aliphatic rings. The van der Waals surface area contributed by atoms with Gasteiger partial charge in [0.2, 0.25) is 5.91 Å². The van der Waals surface area contributed by atoms with Crippen LogP contribution >= 0.6 is 11.6 Å². The number of carbonyl (C=O) groups is 1. The molecule has 0 aliphatic carbocycles. The van der Waals surface area contributed by atoms with Crippen molar-refractivity contribution >= 4 is 17.5 Å². The Hall–Kier alpha value is -0.540. The molecule has 2 N–H and O–H groups in total. The number of rotatable bonds is 4. The summed E-state index contributed by atoms with van der Waals surface area (Å²) >= 11 is 5.62. The Bertz CT molecular complexity index is 247. The quantitative estimate of drug-likeness (QED) is 0.771. The topological polar surface area (TPSA) is 41.1 Å². The molecule has 86 valence electrons. The van der Waals surface area contributed by atoms with Crippen LogP contribution in [0.5, 0.6) is 0 Å². The van der Waals surface area contributed by atoms with Crippen molar-refractivity contribution in [2.45, 2.75) is 26.2 Å². The van der Waals surface area contributed by atoms with E-state index in [0.29, 0.717) is 11.6 Å². The smallest absolute Gasteiger partial charge is 0.227 e. The van der Waals surface area contributed by atoms with Crippen LogP contribution < -0.4 is 10.6 Å². The summed E-state index contributed by atoms with van der Waals surface area (Å²) in [5.41, 5.74) is -0.245. The second-order valence-corrected chi connectivity index (χ2v) is 4.65.